The Labute approximate surface area is 141 Å². The molecule has 0 unspecified atom stereocenters. The minimum atomic E-state index is -1.19. The van der Waals surface area contributed by atoms with Crippen molar-refractivity contribution in [3.63, 3.8) is 0 Å². The minimum absolute atomic E-state index is 0.0575. The van der Waals surface area contributed by atoms with Crippen LogP contribution in [0, 0.1) is 5.82 Å². The summed E-state index contributed by atoms with van der Waals surface area (Å²) in [5.74, 6) is -2.32. The van der Waals surface area contributed by atoms with Gasteiger partial charge in [0.25, 0.3) is 5.91 Å². The SMILES string of the molecule is O=C(NC(=S)Nc1ccc(Cl)c(C(=O)O)c1)c1cccc(F)c1. The second-order valence-electron chi connectivity index (χ2n) is 4.42. The maximum absolute atomic E-state index is 13.1. The molecular formula is C15H10ClFN2O3S. The first kappa shape index (κ1) is 16.9. The van der Waals surface area contributed by atoms with E-state index in [-0.39, 0.29) is 21.3 Å². The molecule has 1 amide bonds. The normalized spacial score (nSPS) is 10.0. The van der Waals surface area contributed by atoms with E-state index in [0.717, 1.165) is 6.07 Å². The minimum Gasteiger partial charge on any atom is -0.478 e. The number of rotatable bonds is 3. The fourth-order valence-corrected chi connectivity index (χ4v) is 2.14. The quantitative estimate of drug-likeness (QED) is 0.739. The number of nitrogens with one attached hydrogen (secondary N) is 2. The molecule has 0 atom stereocenters. The van der Waals surface area contributed by atoms with E-state index < -0.39 is 17.7 Å². The molecule has 0 aliphatic rings. The first-order chi connectivity index (χ1) is 10.9. The van der Waals surface area contributed by atoms with Crippen LogP contribution in [0.2, 0.25) is 5.02 Å². The fourth-order valence-electron chi connectivity index (χ4n) is 1.73. The molecule has 0 aliphatic heterocycles. The molecule has 118 valence electrons. The third-order valence-corrected chi connectivity index (χ3v) is 3.30. The molecular weight excluding hydrogens is 343 g/mol. The highest BCUT2D eigenvalue weighted by molar-refractivity contribution is 7.80. The molecule has 0 spiro atoms. The van der Waals surface area contributed by atoms with Crippen molar-refractivity contribution in [1.29, 1.82) is 0 Å². The van der Waals surface area contributed by atoms with Crippen molar-refractivity contribution in [2.45, 2.75) is 0 Å². The number of amides is 1. The summed E-state index contributed by atoms with van der Waals surface area (Å²) in [7, 11) is 0. The predicted octanol–water partition coefficient (Wildman–Crippen LogP) is 3.30. The van der Waals surface area contributed by atoms with Crippen LogP contribution in [0.5, 0.6) is 0 Å². The van der Waals surface area contributed by atoms with E-state index in [2.05, 4.69) is 10.6 Å². The number of carbonyl (C=O) groups excluding carboxylic acids is 1. The standard InChI is InChI=1S/C15H10ClFN2O3S/c16-12-5-4-10(7-11(12)14(21)22)18-15(23)19-13(20)8-2-1-3-9(17)6-8/h1-7H,(H,21,22)(H2,18,19,20,23). The number of hydrogen-bond acceptors (Lipinski definition) is 3. The van der Waals surface area contributed by atoms with Crippen LogP contribution in [0.1, 0.15) is 20.7 Å². The third-order valence-electron chi connectivity index (χ3n) is 2.77. The van der Waals surface area contributed by atoms with Gasteiger partial charge in [0.2, 0.25) is 0 Å². The van der Waals surface area contributed by atoms with Gasteiger partial charge in [-0.1, -0.05) is 17.7 Å². The summed E-state index contributed by atoms with van der Waals surface area (Å²) < 4.78 is 13.1. The van der Waals surface area contributed by atoms with Crippen molar-refractivity contribution in [1.82, 2.24) is 5.32 Å². The van der Waals surface area contributed by atoms with Gasteiger partial charge in [0.15, 0.2) is 5.11 Å². The second-order valence-corrected chi connectivity index (χ2v) is 5.23. The average Bonchev–Trinajstić information content (AvgIpc) is 2.48. The smallest absolute Gasteiger partial charge is 0.337 e. The average molecular weight is 353 g/mol. The van der Waals surface area contributed by atoms with Gasteiger partial charge in [-0.25, -0.2) is 9.18 Å². The van der Waals surface area contributed by atoms with Crippen LogP contribution in [0.4, 0.5) is 10.1 Å². The number of benzene rings is 2. The second kappa shape index (κ2) is 7.17. The van der Waals surface area contributed by atoms with Crippen molar-refractivity contribution in [2.24, 2.45) is 0 Å². The third kappa shape index (κ3) is 4.48. The van der Waals surface area contributed by atoms with E-state index in [1.165, 1.54) is 36.4 Å². The van der Waals surface area contributed by atoms with E-state index >= 15 is 0 Å². The van der Waals surface area contributed by atoms with Gasteiger partial charge < -0.3 is 10.4 Å². The van der Waals surface area contributed by atoms with E-state index in [9.17, 15) is 14.0 Å². The summed E-state index contributed by atoms with van der Waals surface area (Å²) in [6, 6.07) is 9.31. The lowest BCUT2D eigenvalue weighted by Gasteiger charge is -2.10. The zero-order chi connectivity index (χ0) is 17.0. The molecule has 0 aromatic heterocycles. The topological polar surface area (TPSA) is 78.4 Å². The van der Waals surface area contributed by atoms with Crippen molar-refractivity contribution < 1.29 is 19.1 Å². The molecule has 2 aromatic rings. The van der Waals surface area contributed by atoms with Gasteiger partial charge in [-0.15, -0.1) is 0 Å². The zero-order valence-electron chi connectivity index (χ0n) is 11.5. The Bertz CT molecular complexity index is 798. The summed E-state index contributed by atoms with van der Waals surface area (Å²) in [5.41, 5.74) is 0.351. The van der Waals surface area contributed by atoms with Gasteiger partial charge >= 0.3 is 5.97 Å². The lowest BCUT2D eigenvalue weighted by Crippen LogP contribution is -2.34. The number of hydrogen-bond donors (Lipinski definition) is 3. The molecule has 0 radical (unpaired) electrons. The molecule has 23 heavy (non-hydrogen) atoms. The zero-order valence-corrected chi connectivity index (χ0v) is 13.0. The highest BCUT2D eigenvalue weighted by Crippen LogP contribution is 2.20. The van der Waals surface area contributed by atoms with Crippen molar-refractivity contribution in [3.05, 3.63) is 64.4 Å². The number of halogens is 2. The van der Waals surface area contributed by atoms with E-state index in [0.29, 0.717) is 5.69 Å². The number of anilines is 1. The molecule has 2 rings (SSSR count). The molecule has 0 saturated carbocycles. The van der Waals surface area contributed by atoms with E-state index in [4.69, 9.17) is 28.9 Å². The Balaban J connectivity index is 2.06. The van der Waals surface area contributed by atoms with Crippen LogP contribution in [0.25, 0.3) is 0 Å². The molecule has 0 aliphatic carbocycles. The Morgan fingerprint density at radius 2 is 1.91 bits per heavy atom. The molecule has 0 saturated heterocycles. The molecule has 5 nitrogen and oxygen atoms in total. The monoisotopic (exact) mass is 352 g/mol. The largest absolute Gasteiger partial charge is 0.478 e. The Hall–Kier alpha value is -2.51. The van der Waals surface area contributed by atoms with Gasteiger partial charge in [0.1, 0.15) is 5.82 Å². The Morgan fingerprint density at radius 1 is 1.17 bits per heavy atom. The molecule has 8 heteroatoms. The van der Waals surface area contributed by atoms with Crippen LogP contribution >= 0.6 is 23.8 Å². The molecule has 0 fully saturated rings. The first-order valence-electron chi connectivity index (χ1n) is 6.27. The molecule has 2 aromatic carbocycles. The Kier molecular flexibility index (Phi) is 5.25. The van der Waals surface area contributed by atoms with Crippen molar-refractivity contribution in [2.75, 3.05) is 5.32 Å². The summed E-state index contributed by atoms with van der Waals surface area (Å²) in [5, 5.41) is 14.1. The van der Waals surface area contributed by atoms with Crippen molar-refractivity contribution >= 4 is 46.5 Å². The number of carbonyl (C=O) groups is 2. The number of thiocarbonyl (C=S) groups is 1. The highest BCUT2D eigenvalue weighted by Gasteiger charge is 2.12. The van der Waals surface area contributed by atoms with E-state index in [1.54, 1.807) is 0 Å². The predicted molar refractivity (Wildman–Crippen MR) is 88.5 cm³/mol. The van der Waals surface area contributed by atoms with Gasteiger partial charge in [-0.2, -0.15) is 0 Å². The highest BCUT2D eigenvalue weighted by atomic mass is 35.5. The molecule has 0 bridgehead atoms. The van der Waals surface area contributed by atoms with Crippen LogP contribution in [-0.2, 0) is 0 Å². The lowest BCUT2D eigenvalue weighted by molar-refractivity contribution is 0.0697. The maximum Gasteiger partial charge on any atom is 0.337 e. The van der Waals surface area contributed by atoms with Gasteiger partial charge in [0, 0.05) is 11.3 Å². The number of aromatic carboxylic acids is 1. The summed E-state index contributed by atoms with van der Waals surface area (Å²) in [6.45, 7) is 0. The van der Waals surface area contributed by atoms with Gasteiger partial charge in [-0.3, -0.25) is 10.1 Å². The summed E-state index contributed by atoms with van der Waals surface area (Å²) in [4.78, 5) is 22.9. The molecule has 0 heterocycles. The fraction of sp³-hybridized carbons (Fsp3) is 0. The van der Waals surface area contributed by atoms with Gasteiger partial charge in [0.05, 0.1) is 10.6 Å². The van der Waals surface area contributed by atoms with Gasteiger partial charge in [-0.05, 0) is 48.6 Å². The van der Waals surface area contributed by atoms with Crippen LogP contribution < -0.4 is 10.6 Å². The Morgan fingerprint density at radius 3 is 2.57 bits per heavy atom. The number of carboxylic acids is 1. The first-order valence-corrected chi connectivity index (χ1v) is 7.06. The maximum atomic E-state index is 13.1. The summed E-state index contributed by atoms with van der Waals surface area (Å²) in [6.07, 6.45) is 0. The molecule has 3 N–H and O–H groups in total. The number of carboxylic acid groups (broad SMARTS) is 1. The van der Waals surface area contributed by atoms with Crippen molar-refractivity contribution in [3.8, 4) is 0 Å². The van der Waals surface area contributed by atoms with E-state index in [1.807, 2.05) is 0 Å². The van der Waals surface area contributed by atoms with Crippen LogP contribution in [-0.4, -0.2) is 22.1 Å². The van der Waals surface area contributed by atoms with Crippen LogP contribution in [0.3, 0.4) is 0 Å². The lowest BCUT2D eigenvalue weighted by atomic mass is 10.2. The summed E-state index contributed by atoms with van der Waals surface area (Å²) >= 11 is 10.7. The van der Waals surface area contributed by atoms with Crippen LogP contribution in [0.15, 0.2) is 42.5 Å².